The number of nitrogens with one attached hydrogen (secondary N) is 2. The molecule has 0 spiro atoms. The van der Waals surface area contributed by atoms with Crippen LogP contribution in [0.4, 0.5) is 5.00 Å². The van der Waals surface area contributed by atoms with Gasteiger partial charge in [0.2, 0.25) is 0 Å². The second kappa shape index (κ2) is 5.87. The third kappa shape index (κ3) is 2.97. The van der Waals surface area contributed by atoms with Gasteiger partial charge in [-0.05, 0) is 47.3 Å². The van der Waals surface area contributed by atoms with E-state index in [2.05, 4.69) is 62.6 Å². The van der Waals surface area contributed by atoms with Gasteiger partial charge in [0.15, 0.2) is 0 Å². The summed E-state index contributed by atoms with van der Waals surface area (Å²) in [4.78, 5) is 14.2. The largest absolute Gasteiger partial charge is 0.353 e. The van der Waals surface area contributed by atoms with Crippen LogP contribution >= 0.6 is 11.3 Å². The van der Waals surface area contributed by atoms with Crippen molar-refractivity contribution in [1.82, 2.24) is 5.32 Å². The molecule has 2 N–H and O–H groups in total. The van der Waals surface area contributed by atoms with Gasteiger partial charge in [0.1, 0.15) is 11.2 Å². The maximum atomic E-state index is 12.8. The van der Waals surface area contributed by atoms with Gasteiger partial charge in [-0.25, -0.2) is 0 Å². The maximum Gasteiger partial charge on any atom is 0.256 e. The van der Waals surface area contributed by atoms with E-state index in [1.165, 1.54) is 22.4 Å². The van der Waals surface area contributed by atoms with Gasteiger partial charge < -0.3 is 10.6 Å². The average Bonchev–Trinajstić information content (AvgIpc) is 2.91. The molecule has 1 aromatic heterocycles. The molecule has 1 aliphatic carbocycles. The lowest BCUT2D eigenvalue weighted by Gasteiger charge is -2.28. The zero-order chi connectivity index (χ0) is 17.8. The molecular formula is C21H26N2OS. The highest BCUT2D eigenvalue weighted by Gasteiger charge is 2.33. The zero-order valence-electron chi connectivity index (χ0n) is 15.4. The summed E-state index contributed by atoms with van der Waals surface area (Å²) in [5, 5.41) is 7.76. The molecule has 3 nitrogen and oxygen atoms in total. The molecule has 0 fully saturated rings. The molecule has 0 saturated carbocycles. The molecular weight excluding hydrogens is 328 g/mol. The van der Waals surface area contributed by atoms with Crippen molar-refractivity contribution in [2.24, 2.45) is 5.92 Å². The molecule has 1 amide bonds. The second-order valence-corrected chi connectivity index (χ2v) is 9.58. The summed E-state index contributed by atoms with van der Waals surface area (Å²) in [5.74, 6) is 0.794. The summed E-state index contributed by atoms with van der Waals surface area (Å²) < 4.78 is 0. The molecule has 0 radical (unpaired) electrons. The third-order valence-corrected chi connectivity index (χ3v) is 6.59. The Bertz CT molecular complexity index is 814. The molecule has 1 aliphatic heterocycles. The fourth-order valence-electron chi connectivity index (χ4n) is 3.81. The fourth-order valence-corrected chi connectivity index (χ4v) is 5.24. The number of hydrogen-bond acceptors (Lipinski definition) is 3. The van der Waals surface area contributed by atoms with Crippen LogP contribution in [0.3, 0.4) is 0 Å². The lowest BCUT2D eigenvalue weighted by Crippen LogP contribution is -2.38. The van der Waals surface area contributed by atoms with Crippen molar-refractivity contribution in [3.05, 3.63) is 51.4 Å². The minimum Gasteiger partial charge on any atom is -0.353 e. The second-order valence-electron chi connectivity index (χ2n) is 8.48. The third-order valence-electron chi connectivity index (χ3n) is 5.40. The van der Waals surface area contributed by atoms with Gasteiger partial charge >= 0.3 is 0 Å². The minimum atomic E-state index is -0.147. The van der Waals surface area contributed by atoms with Gasteiger partial charge in [-0.2, -0.15) is 0 Å². The summed E-state index contributed by atoms with van der Waals surface area (Å²) in [6, 6.07) is 8.58. The molecule has 4 rings (SSSR count). The van der Waals surface area contributed by atoms with E-state index >= 15 is 0 Å². The van der Waals surface area contributed by atoms with Gasteiger partial charge in [0.05, 0.1) is 5.56 Å². The van der Waals surface area contributed by atoms with Crippen LogP contribution in [-0.2, 0) is 18.3 Å². The lowest BCUT2D eigenvalue weighted by atomic mass is 9.86. The smallest absolute Gasteiger partial charge is 0.256 e. The maximum absolute atomic E-state index is 12.8. The monoisotopic (exact) mass is 354 g/mol. The highest BCUT2D eigenvalue weighted by molar-refractivity contribution is 7.16. The summed E-state index contributed by atoms with van der Waals surface area (Å²) in [7, 11) is 0. The number of carbonyl (C=O) groups is 1. The molecule has 1 aromatic carbocycles. The van der Waals surface area contributed by atoms with Crippen molar-refractivity contribution >= 4 is 22.2 Å². The van der Waals surface area contributed by atoms with E-state index < -0.39 is 0 Å². The Morgan fingerprint density at radius 1 is 1.12 bits per heavy atom. The molecule has 4 heteroatoms. The minimum absolute atomic E-state index is 0.0747. The van der Waals surface area contributed by atoms with E-state index in [1.54, 1.807) is 11.3 Å². The first-order valence-corrected chi connectivity index (χ1v) is 9.97. The van der Waals surface area contributed by atoms with Crippen molar-refractivity contribution < 1.29 is 4.79 Å². The quantitative estimate of drug-likeness (QED) is 0.754. The molecule has 2 aromatic rings. The summed E-state index contributed by atoms with van der Waals surface area (Å²) in [5.41, 5.74) is 4.73. The lowest BCUT2D eigenvalue weighted by molar-refractivity contribution is 0.0935. The Morgan fingerprint density at radius 2 is 1.84 bits per heavy atom. The molecule has 2 heterocycles. The fraction of sp³-hybridized carbons (Fsp3) is 0.476. The molecule has 2 atom stereocenters. The first kappa shape index (κ1) is 16.6. The van der Waals surface area contributed by atoms with Gasteiger partial charge in [-0.3, -0.25) is 4.79 Å². The normalized spacial score (nSPS) is 22.6. The number of thiophene rings is 1. The van der Waals surface area contributed by atoms with Crippen LogP contribution in [-0.4, -0.2) is 5.91 Å². The number of carbonyl (C=O) groups excluding carboxylic acids is 1. The first-order valence-electron chi connectivity index (χ1n) is 9.15. The molecule has 25 heavy (non-hydrogen) atoms. The first-order chi connectivity index (χ1) is 11.8. The van der Waals surface area contributed by atoms with Gasteiger partial charge in [-0.1, -0.05) is 52.0 Å². The van der Waals surface area contributed by atoms with Gasteiger partial charge in [-0.15, -0.1) is 11.3 Å². The predicted octanol–water partition coefficient (Wildman–Crippen LogP) is 5.02. The Kier molecular flexibility index (Phi) is 3.91. The van der Waals surface area contributed by atoms with E-state index in [0.717, 1.165) is 34.9 Å². The number of hydrogen-bond donors (Lipinski definition) is 2. The van der Waals surface area contributed by atoms with Crippen LogP contribution in [0.5, 0.6) is 0 Å². The zero-order valence-corrected chi connectivity index (χ0v) is 16.2. The Hall–Kier alpha value is -1.81. The van der Waals surface area contributed by atoms with E-state index in [4.69, 9.17) is 0 Å². The Balaban J connectivity index is 1.63. The number of amides is 1. The van der Waals surface area contributed by atoms with Crippen LogP contribution < -0.4 is 10.6 Å². The summed E-state index contributed by atoms with van der Waals surface area (Å²) >= 11 is 1.78. The molecule has 0 bridgehead atoms. The van der Waals surface area contributed by atoms with Gasteiger partial charge in [0.25, 0.3) is 5.91 Å². The van der Waals surface area contributed by atoms with Crippen LogP contribution in [0.25, 0.3) is 0 Å². The van der Waals surface area contributed by atoms with Crippen molar-refractivity contribution in [1.29, 1.82) is 0 Å². The van der Waals surface area contributed by atoms with E-state index in [0.29, 0.717) is 0 Å². The van der Waals surface area contributed by atoms with Crippen molar-refractivity contribution in [3.8, 4) is 0 Å². The SMILES string of the molecule is C[C@H]1CCc2c(sc3c2C(=O)N[C@H](c2ccc(C(C)(C)C)cc2)N3)C1. The van der Waals surface area contributed by atoms with Gasteiger partial charge in [0, 0.05) is 4.88 Å². The molecule has 132 valence electrons. The number of fused-ring (bicyclic) bond motifs is 3. The Labute approximate surface area is 153 Å². The van der Waals surface area contributed by atoms with E-state index in [9.17, 15) is 4.79 Å². The highest BCUT2D eigenvalue weighted by Crippen LogP contribution is 2.42. The van der Waals surface area contributed by atoms with Crippen LogP contribution in [0.15, 0.2) is 24.3 Å². The van der Waals surface area contributed by atoms with Crippen LogP contribution in [0, 0.1) is 5.92 Å². The standard InChI is InChI=1S/C21H26N2OS/c1-12-5-10-15-16(11-12)25-20-17(15)19(24)22-18(23-20)13-6-8-14(9-7-13)21(2,3)4/h6-9,12,18,23H,5,10-11H2,1-4H3,(H,22,24)/t12-,18-/m0/s1. The van der Waals surface area contributed by atoms with Crippen molar-refractivity contribution in [2.75, 3.05) is 5.32 Å². The molecule has 2 aliphatic rings. The highest BCUT2D eigenvalue weighted by atomic mass is 32.1. The van der Waals surface area contributed by atoms with Crippen molar-refractivity contribution in [3.63, 3.8) is 0 Å². The van der Waals surface area contributed by atoms with E-state index in [-0.39, 0.29) is 17.5 Å². The topological polar surface area (TPSA) is 41.1 Å². The number of anilines is 1. The van der Waals surface area contributed by atoms with E-state index in [1.807, 2.05) is 0 Å². The predicted molar refractivity (Wildman–Crippen MR) is 104 cm³/mol. The number of rotatable bonds is 1. The Morgan fingerprint density at radius 3 is 2.52 bits per heavy atom. The van der Waals surface area contributed by atoms with Crippen molar-refractivity contribution in [2.45, 2.75) is 58.5 Å². The average molecular weight is 355 g/mol. The van der Waals surface area contributed by atoms with Crippen LogP contribution in [0.2, 0.25) is 0 Å². The molecule has 0 saturated heterocycles. The van der Waals surface area contributed by atoms with Crippen LogP contribution in [0.1, 0.15) is 72.2 Å². The summed E-state index contributed by atoms with van der Waals surface area (Å²) in [6.07, 6.45) is 3.17. The molecule has 0 unspecified atom stereocenters. The number of benzene rings is 1. The summed E-state index contributed by atoms with van der Waals surface area (Å²) in [6.45, 7) is 8.94.